The minimum atomic E-state index is 0.547. The first-order valence-corrected chi connectivity index (χ1v) is 8.05. The molecule has 1 heterocycles. The van der Waals surface area contributed by atoms with Gasteiger partial charge in [0.05, 0.1) is 0 Å². The molecule has 2 rings (SSSR count). The number of nitrogens with zero attached hydrogens (tertiary/aromatic N) is 2. The third-order valence-electron chi connectivity index (χ3n) is 4.09. The normalized spacial score (nSPS) is 23.1. The number of aromatic nitrogens is 2. The number of nitrogens with one attached hydrogen (secondary N) is 2. The monoisotopic (exact) mass is 276 g/mol. The van der Waals surface area contributed by atoms with Gasteiger partial charge in [0.15, 0.2) is 0 Å². The number of anilines is 2. The lowest BCUT2D eigenvalue weighted by molar-refractivity contribution is 0.455. The van der Waals surface area contributed by atoms with Crippen molar-refractivity contribution >= 4 is 11.6 Å². The number of hydrogen-bond donors (Lipinski definition) is 2. The molecule has 1 aromatic rings. The minimum absolute atomic E-state index is 0.547. The van der Waals surface area contributed by atoms with Crippen LogP contribution in [0.2, 0.25) is 0 Å². The molecule has 2 unspecified atom stereocenters. The molecule has 1 aromatic heterocycles. The SMILES string of the molecule is CCCNc1cc(NC2CCCCCC2C)nc(C)n1. The van der Waals surface area contributed by atoms with E-state index in [9.17, 15) is 0 Å². The van der Waals surface area contributed by atoms with Crippen LogP contribution in [0.5, 0.6) is 0 Å². The van der Waals surface area contributed by atoms with Gasteiger partial charge in [-0.15, -0.1) is 0 Å². The summed E-state index contributed by atoms with van der Waals surface area (Å²) in [6.07, 6.45) is 7.74. The van der Waals surface area contributed by atoms with Crippen molar-refractivity contribution in [3.8, 4) is 0 Å². The molecule has 0 aliphatic heterocycles. The van der Waals surface area contributed by atoms with E-state index in [-0.39, 0.29) is 0 Å². The lowest BCUT2D eigenvalue weighted by Gasteiger charge is -2.23. The molecule has 0 amide bonds. The molecule has 0 spiro atoms. The maximum absolute atomic E-state index is 4.54. The van der Waals surface area contributed by atoms with Crippen molar-refractivity contribution in [2.24, 2.45) is 5.92 Å². The van der Waals surface area contributed by atoms with E-state index in [4.69, 9.17) is 0 Å². The highest BCUT2D eigenvalue weighted by Gasteiger charge is 2.20. The quantitative estimate of drug-likeness (QED) is 0.798. The first-order chi connectivity index (χ1) is 9.69. The van der Waals surface area contributed by atoms with Crippen LogP contribution in [0, 0.1) is 12.8 Å². The Morgan fingerprint density at radius 1 is 1.15 bits per heavy atom. The Labute approximate surface area is 122 Å². The lowest BCUT2D eigenvalue weighted by atomic mass is 9.97. The predicted molar refractivity (Wildman–Crippen MR) is 85.2 cm³/mol. The highest BCUT2D eigenvalue weighted by Crippen LogP contribution is 2.26. The average Bonchev–Trinajstić information content (AvgIpc) is 2.61. The fourth-order valence-corrected chi connectivity index (χ4v) is 2.88. The Bertz CT molecular complexity index is 419. The summed E-state index contributed by atoms with van der Waals surface area (Å²) < 4.78 is 0. The summed E-state index contributed by atoms with van der Waals surface area (Å²) in [5, 5.41) is 6.98. The minimum Gasteiger partial charge on any atom is -0.370 e. The molecular weight excluding hydrogens is 248 g/mol. The second kappa shape index (κ2) is 7.46. The zero-order chi connectivity index (χ0) is 14.4. The number of aryl methyl sites for hydroxylation is 1. The van der Waals surface area contributed by atoms with E-state index in [2.05, 4.69) is 34.4 Å². The maximum atomic E-state index is 4.54. The van der Waals surface area contributed by atoms with Gasteiger partial charge in [0.2, 0.25) is 0 Å². The van der Waals surface area contributed by atoms with Crippen LogP contribution in [0.3, 0.4) is 0 Å². The van der Waals surface area contributed by atoms with E-state index in [0.29, 0.717) is 6.04 Å². The van der Waals surface area contributed by atoms with Crippen LogP contribution in [0.25, 0.3) is 0 Å². The molecule has 0 radical (unpaired) electrons. The summed E-state index contributed by atoms with van der Waals surface area (Å²) in [7, 11) is 0. The van der Waals surface area contributed by atoms with Gasteiger partial charge in [-0.25, -0.2) is 9.97 Å². The molecule has 2 atom stereocenters. The Morgan fingerprint density at radius 3 is 2.70 bits per heavy atom. The standard InChI is InChI=1S/C16H28N4/c1-4-10-17-15-11-16(19-13(3)18-15)20-14-9-7-5-6-8-12(14)2/h11-12,14H,4-10H2,1-3H3,(H2,17,18,19,20). The van der Waals surface area contributed by atoms with Crippen molar-refractivity contribution in [2.45, 2.75) is 65.3 Å². The fraction of sp³-hybridized carbons (Fsp3) is 0.750. The Kier molecular flexibility index (Phi) is 5.62. The van der Waals surface area contributed by atoms with Crippen molar-refractivity contribution in [3.63, 3.8) is 0 Å². The molecule has 0 bridgehead atoms. The van der Waals surface area contributed by atoms with E-state index in [1.165, 1.54) is 32.1 Å². The second-order valence-electron chi connectivity index (χ2n) is 5.98. The Morgan fingerprint density at radius 2 is 1.90 bits per heavy atom. The van der Waals surface area contributed by atoms with Crippen LogP contribution in [0.4, 0.5) is 11.6 Å². The second-order valence-corrected chi connectivity index (χ2v) is 5.98. The smallest absolute Gasteiger partial charge is 0.132 e. The van der Waals surface area contributed by atoms with Gasteiger partial charge in [0, 0.05) is 18.7 Å². The largest absolute Gasteiger partial charge is 0.370 e. The van der Waals surface area contributed by atoms with Crippen LogP contribution in [0.15, 0.2) is 6.07 Å². The van der Waals surface area contributed by atoms with Gasteiger partial charge in [-0.05, 0) is 32.1 Å². The van der Waals surface area contributed by atoms with Crippen LogP contribution < -0.4 is 10.6 Å². The van der Waals surface area contributed by atoms with Gasteiger partial charge in [-0.3, -0.25) is 0 Å². The first kappa shape index (κ1) is 15.1. The lowest BCUT2D eigenvalue weighted by Crippen LogP contribution is -2.27. The third kappa shape index (κ3) is 4.36. The van der Waals surface area contributed by atoms with Crippen LogP contribution >= 0.6 is 0 Å². The molecule has 4 nitrogen and oxygen atoms in total. The Balaban J connectivity index is 2.05. The zero-order valence-corrected chi connectivity index (χ0v) is 13.1. The summed E-state index contributed by atoms with van der Waals surface area (Å²) in [6.45, 7) is 7.43. The molecule has 112 valence electrons. The van der Waals surface area contributed by atoms with Gasteiger partial charge in [-0.2, -0.15) is 0 Å². The summed E-state index contributed by atoms with van der Waals surface area (Å²) in [5.41, 5.74) is 0. The molecule has 1 saturated carbocycles. The van der Waals surface area contributed by atoms with E-state index >= 15 is 0 Å². The van der Waals surface area contributed by atoms with Gasteiger partial charge < -0.3 is 10.6 Å². The number of hydrogen-bond acceptors (Lipinski definition) is 4. The first-order valence-electron chi connectivity index (χ1n) is 8.05. The van der Waals surface area contributed by atoms with Crippen LogP contribution in [0.1, 0.15) is 58.2 Å². The third-order valence-corrected chi connectivity index (χ3v) is 4.09. The van der Waals surface area contributed by atoms with Gasteiger partial charge >= 0.3 is 0 Å². The molecule has 0 aromatic carbocycles. The summed E-state index contributed by atoms with van der Waals surface area (Å²) in [6, 6.07) is 2.59. The maximum Gasteiger partial charge on any atom is 0.132 e. The molecule has 4 heteroatoms. The average molecular weight is 276 g/mol. The van der Waals surface area contributed by atoms with Crippen molar-refractivity contribution in [3.05, 3.63) is 11.9 Å². The predicted octanol–water partition coefficient (Wildman–Crippen LogP) is 3.99. The van der Waals surface area contributed by atoms with Crippen molar-refractivity contribution < 1.29 is 0 Å². The molecule has 1 aliphatic carbocycles. The highest BCUT2D eigenvalue weighted by molar-refractivity contribution is 5.48. The van der Waals surface area contributed by atoms with Gasteiger partial charge in [-0.1, -0.05) is 33.1 Å². The summed E-state index contributed by atoms with van der Waals surface area (Å²) >= 11 is 0. The molecule has 1 aliphatic rings. The summed E-state index contributed by atoms with van der Waals surface area (Å²) in [4.78, 5) is 8.98. The molecule has 2 N–H and O–H groups in total. The topological polar surface area (TPSA) is 49.8 Å². The van der Waals surface area contributed by atoms with E-state index in [1.807, 2.05) is 13.0 Å². The molecular formula is C16H28N4. The molecule has 0 saturated heterocycles. The van der Waals surface area contributed by atoms with Crippen LogP contribution in [-0.2, 0) is 0 Å². The van der Waals surface area contributed by atoms with Gasteiger partial charge in [0.25, 0.3) is 0 Å². The number of rotatable bonds is 5. The van der Waals surface area contributed by atoms with Crippen molar-refractivity contribution in [2.75, 3.05) is 17.2 Å². The molecule has 1 fully saturated rings. The zero-order valence-electron chi connectivity index (χ0n) is 13.1. The van der Waals surface area contributed by atoms with E-state index < -0.39 is 0 Å². The van der Waals surface area contributed by atoms with Crippen molar-refractivity contribution in [1.29, 1.82) is 0 Å². The molecule has 20 heavy (non-hydrogen) atoms. The highest BCUT2D eigenvalue weighted by atomic mass is 15.1. The van der Waals surface area contributed by atoms with E-state index in [1.54, 1.807) is 0 Å². The fourth-order valence-electron chi connectivity index (χ4n) is 2.88. The summed E-state index contributed by atoms with van der Waals surface area (Å²) in [5.74, 6) is 3.45. The van der Waals surface area contributed by atoms with Crippen molar-refractivity contribution in [1.82, 2.24) is 9.97 Å². The van der Waals surface area contributed by atoms with Crippen LogP contribution in [-0.4, -0.2) is 22.6 Å². The van der Waals surface area contributed by atoms with Gasteiger partial charge in [0.1, 0.15) is 17.5 Å². The van der Waals surface area contributed by atoms with E-state index in [0.717, 1.165) is 36.3 Å². The Hall–Kier alpha value is -1.32.